The molecule has 8 atom stereocenters. The molecule has 3 fully saturated rings. The normalized spacial score (nSPS) is 37.8. The quantitative estimate of drug-likeness (QED) is 0.219. The minimum absolute atomic E-state index is 0.201. The van der Waals surface area contributed by atoms with Crippen LogP contribution in [0.5, 0.6) is 0 Å². The Morgan fingerprint density at radius 2 is 1.71 bits per heavy atom. The van der Waals surface area contributed by atoms with Crippen molar-refractivity contribution in [3.05, 3.63) is 40.4 Å². The first kappa shape index (κ1) is 28.9. The van der Waals surface area contributed by atoms with Crippen LogP contribution in [0.15, 0.2) is 45.3 Å². The maximum absolute atomic E-state index is 13.0. The highest BCUT2D eigenvalue weighted by Gasteiger charge is 2.59. The van der Waals surface area contributed by atoms with Crippen LogP contribution < -0.4 is 0 Å². The zero-order chi connectivity index (χ0) is 27.3. The molecule has 0 heterocycles. The van der Waals surface area contributed by atoms with Gasteiger partial charge in [0.15, 0.2) is 0 Å². The minimum Gasteiger partial charge on any atom is -0.263 e. The summed E-state index contributed by atoms with van der Waals surface area (Å²) in [6.45, 7) is 12.4. The standard InChI is InChI=1S/C33H49BrO3S/c1-22(2)7-6-8-23(3)29-15-16-30-28-14-9-24-21-26(37-38(35,36)27-12-10-25(34)11-13-27)17-19-32(24,4)31(28)18-20-33(29,30)5/h9-13,22-23,26,28-31H,6-8,14-21H2,1-5H3/t23-,26+,28+,29-,30+,31+,32+,33-/m1/s1. The van der Waals surface area contributed by atoms with Crippen molar-refractivity contribution in [3.63, 3.8) is 0 Å². The summed E-state index contributed by atoms with van der Waals surface area (Å²) in [4.78, 5) is 0.243. The van der Waals surface area contributed by atoms with Crippen molar-refractivity contribution in [2.45, 2.75) is 116 Å². The highest BCUT2D eigenvalue weighted by molar-refractivity contribution is 9.10. The molecule has 5 rings (SSSR count). The van der Waals surface area contributed by atoms with Crippen molar-refractivity contribution in [2.75, 3.05) is 0 Å². The van der Waals surface area contributed by atoms with Gasteiger partial charge in [-0.25, -0.2) is 0 Å². The van der Waals surface area contributed by atoms with Crippen molar-refractivity contribution in [1.29, 1.82) is 0 Å². The third kappa shape index (κ3) is 5.34. The molecule has 0 amide bonds. The number of hydrogen-bond donors (Lipinski definition) is 0. The number of fused-ring (bicyclic) bond motifs is 5. The van der Waals surface area contributed by atoms with Crippen molar-refractivity contribution in [3.8, 4) is 0 Å². The van der Waals surface area contributed by atoms with Gasteiger partial charge in [-0.05, 0) is 122 Å². The summed E-state index contributed by atoms with van der Waals surface area (Å²) < 4.78 is 32.6. The molecule has 3 nitrogen and oxygen atoms in total. The minimum atomic E-state index is -3.75. The lowest BCUT2D eigenvalue weighted by molar-refractivity contribution is -0.0556. The smallest absolute Gasteiger partial charge is 0.263 e. The molecule has 4 aliphatic carbocycles. The van der Waals surface area contributed by atoms with Gasteiger partial charge in [-0.3, -0.25) is 4.18 Å². The maximum atomic E-state index is 13.0. The SMILES string of the molecule is CC(C)CCC[C@@H](C)[C@H]1CC[C@H]2[C@@H]3CC=C4C[C@@H](OS(=O)(=O)c5ccc(Br)cc5)CC[C@]4(C)[C@H]3CC[C@]12C. The molecule has 1 aromatic carbocycles. The molecule has 0 saturated heterocycles. The van der Waals surface area contributed by atoms with Crippen molar-refractivity contribution in [2.24, 2.45) is 46.3 Å². The molecular weight excluding hydrogens is 556 g/mol. The van der Waals surface area contributed by atoms with Gasteiger partial charge >= 0.3 is 0 Å². The molecule has 5 heteroatoms. The van der Waals surface area contributed by atoms with Crippen LogP contribution in [-0.2, 0) is 14.3 Å². The number of halogens is 1. The Hall–Kier alpha value is -0.650. The molecule has 0 unspecified atom stereocenters. The number of benzene rings is 1. The summed E-state index contributed by atoms with van der Waals surface area (Å²) in [5.41, 5.74) is 2.17. The molecule has 0 radical (unpaired) electrons. The van der Waals surface area contributed by atoms with E-state index in [4.69, 9.17) is 4.18 Å². The van der Waals surface area contributed by atoms with Gasteiger partial charge in [-0.1, -0.05) is 81.5 Å². The largest absolute Gasteiger partial charge is 0.297 e. The van der Waals surface area contributed by atoms with E-state index in [1.165, 1.54) is 56.9 Å². The molecule has 0 aromatic heterocycles. The Balaban J connectivity index is 1.27. The van der Waals surface area contributed by atoms with Gasteiger partial charge in [0, 0.05) is 4.47 Å². The lowest BCUT2D eigenvalue weighted by atomic mass is 9.47. The van der Waals surface area contributed by atoms with Gasteiger partial charge in [0.1, 0.15) is 0 Å². The maximum Gasteiger partial charge on any atom is 0.297 e. The summed E-state index contributed by atoms with van der Waals surface area (Å²) in [6.07, 6.45) is 15.7. The monoisotopic (exact) mass is 604 g/mol. The molecule has 0 spiro atoms. The van der Waals surface area contributed by atoms with Crippen LogP contribution in [0, 0.1) is 46.3 Å². The van der Waals surface area contributed by atoms with E-state index in [1.54, 1.807) is 24.3 Å². The molecule has 0 aliphatic heterocycles. The van der Waals surface area contributed by atoms with E-state index in [2.05, 4.69) is 56.6 Å². The molecule has 212 valence electrons. The summed E-state index contributed by atoms with van der Waals surface area (Å²) in [5, 5.41) is 0. The van der Waals surface area contributed by atoms with Gasteiger partial charge in [0.25, 0.3) is 10.1 Å². The number of rotatable bonds is 8. The van der Waals surface area contributed by atoms with Crippen molar-refractivity contribution >= 4 is 26.0 Å². The van der Waals surface area contributed by atoms with Crippen LogP contribution in [0.3, 0.4) is 0 Å². The first-order valence-electron chi connectivity index (χ1n) is 15.3. The summed E-state index contributed by atoms with van der Waals surface area (Å²) in [6, 6.07) is 6.76. The zero-order valence-electron chi connectivity index (χ0n) is 24.2. The van der Waals surface area contributed by atoms with E-state index in [0.717, 1.165) is 59.2 Å². The molecule has 3 saturated carbocycles. The Morgan fingerprint density at radius 3 is 2.42 bits per heavy atom. The van der Waals surface area contributed by atoms with Crippen LogP contribution in [0.1, 0.15) is 105 Å². The first-order valence-corrected chi connectivity index (χ1v) is 17.5. The van der Waals surface area contributed by atoms with Crippen LogP contribution in [0.4, 0.5) is 0 Å². The van der Waals surface area contributed by atoms with E-state index in [1.807, 2.05) is 0 Å². The fourth-order valence-corrected chi connectivity index (χ4v) is 10.9. The topological polar surface area (TPSA) is 43.4 Å². The lowest BCUT2D eigenvalue weighted by Crippen LogP contribution is -2.51. The first-order chi connectivity index (χ1) is 17.9. The number of hydrogen-bond acceptors (Lipinski definition) is 3. The number of allylic oxidation sites excluding steroid dienone is 1. The molecule has 1 aromatic rings. The van der Waals surface area contributed by atoms with Crippen LogP contribution in [0.25, 0.3) is 0 Å². The van der Waals surface area contributed by atoms with Crippen LogP contribution in [-0.4, -0.2) is 14.5 Å². The van der Waals surface area contributed by atoms with Crippen LogP contribution in [0.2, 0.25) is 0 Å². The highest BCUT2D eigenvalue weighted by Crippen LogP contribution is 2.67. The van der Waals surface area contributed by atoms with Crippen molar-refractivity contribution in [1.82, 2.24) is 0 Å². The third-order valence-corrected chi connectivity index (χ3v) is 13.5. The second kappa shape index (κ2) is 11.0. The van der Waals surface area contributed by atoms with E-state index in [9.17, 15) is 8.42 Å². The van der Waals surface area contributed by atoms with E-state index in [-0.39, 0.29) is 16.4 Å². The second-order valence-corrected chi connectivity index (χ2v) is 16.6. The molecular formula is C33H49BrO3S. The fourth-order valence-electron chi connectivity index (χ4n) is 9.57. The molecule has 38 heavy (non-hydrogen) atoms. The predicted molar refractivity (Wildman–Crippen MR) is 159 cm³/mol. The predicted octanol–water partition coefficient (Wildman–Crippen LogP) is 9.56. The Bertz CT molecular complexity index is 1130. The third-order valence-electron chi connectivity index (χ3n) is 11.6. The second-order valence-electron chi connectivity index (χ2n) is 14.2. The Kier molecular flexibility index (Phi) is 8.33. The average Bonchev–Trinajstić information content (AvgIpc) is 3.21. The summed E-state index contributed by atoms with van der Waals surface area (Å²) >= 11 is 3.38. The molecule has 4 aliphatic rings. The highest BCUT2D eigenvalue weighted by atomic mass is 79.9. The van der Waals surface area contributed by atoms with Crippen LogP contribution >= 0.6 is 15.9 Å². The summed E-state index contributed by atoms with van der Waals surface area (Å²) in [5.74, 6) is 4.91. The Morgan fingerprint density at radius 1 is 0.974 bits per heavy atom. The van der Waals surface area contributed by atoms with Gasteiger partial charge in [0.2, 0.25) is 0 Å². The van der Waals surface area contributed by atoms with Crippen molar-refractivity contribution < 1.29 is 12.6 Å². The molecule has 0 N–H and O–H groups in total. The van der Waals surface area contributed by atoms with E-state index in [0.29, 0.717) is 5.41 Å². The van der Waals surface area contributed by atoms with Gasteiger partial charge in [-0.2, -0.15) is 8.42 Å². The van der Waals surface area contributed by atoms with Gasteiger partial charge < -0.3 is 0 Å². The fraction of sp³-hybridized carbons (Fsp3) is 0.758. The summed E-state index contributed by atoms with van der Waals surface area (Å²) in [7, 11) is -3.75. The zero-order valence-corrected chi connectivity index (χ0v) is 26.6. The van der Waals surface area contributed by atoms with E-state index < -0.39 is 10.1 Å². The van der Waals surface area contributed by atoms with E-state index >= 15 is 0 Å². The van der Waals surface area contributed by atoms with Gasteiger partial charge in [-0.15, -0.1) is 0 Å². The average molecular weight is 606 g/mol. The Labute approximate surface area is 240 Å². The lowest BCUT2D eigenvalue weighted by Gasteiger charge is -2.58. The molecule has 0 bridgehead atoms. The van der Waals surface area contributed by atoms with Gasteiger partial charge in [0.05, 0.1) is 11.0 Å².